The van der Waals surface area contributed by atoms with Crippen molar-refractivity contribution in [3.8, 4) is 11.3 Å². The van der Waals surface area contributed by atoms with E-state index in [2.05, 4.69) is 25.0 Å². The van der Waals surface area contributed by atoms with Crippen LogP contribution in [0.4, 0.5) is 5.69 Å². The zero-order valence-corrected chi connectivity index (χ0v) is 12.9. The zero-order valence-electron chi connectivity index (χ0n) is 12.9. The summed E-state index contributed by atoms with van der Waals surface area (Å²) < 4.78 is 1.68. The number of aromatic amines is 2. The van der Waals surface area contributed by atoms with Gasteiger partial charge in [-0.15, -0.1) is 0 Å². The Balaban J connectivity index is 1.60. The second-order valence-electron chi connectivity index (χ2n) is 6.60. The van der Waals surface area contributed by atoms with Crippen molar-refractivity contribution in [2.24, 2.45) is 11.8 Å². The van der Waals surface area contributed by atoms with Crippen molar-refractivity contribution in [2.75, 3.05) is 18.0 Å². The summed E-state index contributed by atoms with van der Waals surface area (Å²) in [7, 11) is 0. The molecular formula is C16H16N6O2. The molecule has 1 saturated heterocycles. The van der Waals surface area contributed by atoms with Crippen LogP contribution in [-0.2, 0) is 0 Å². The quantitative estimate of drug-likeness (QED) is 0.736. The van der Waals surface area contributed by atoms with Crippen molar-refractivity contribution in [2.45, 2.75) is 12.8 Å². The Bertz CT molecular complexity index is 1040. The normalized spacial score (nSPS) is 18.1. The monoisotopic (exact) mass is 324 g/mol. The predicted octanol–water partition coefficient (Wildman–Crippen LogP) is 0.619. The number of hydrogen-bond acceptors (Lipinski definition) is 5. The molecule has 3 aromatic rings. The van der Waals surface area contributed by atoms with Gasteiger partial charge in [-0.1, -0.05) is 0 Å². The number of nitrogens with one attached hydrogen (secondary N) is 2. The molecular weight excluding hydrogens is 308 g/mol. The highest BCUT2D eigenvalue weighted by atomic mass is 16.2. The highest BCUT2D eigenvalue weighted by molar-refractivity contribution is 5.75. The van der Waals surface area contributed by atoms with Gasteiger partial charge in [-0.3, -0.25) is 9.78 Å². The Morgan fingerprint density at radius 3 is 2.75 bits per heavy atom. The van der Waals surface area contributed by atoms with E-state index in [0.717, 1.165) is 36.3 Å². The minimum atomic E-state index is -0.525. The molecule has 2 N–H and O–H groups in total. The fourth-order valence-electron chi connectivity index (χ4n) is 3.44. The third-order valence-corrected chi connectivity index (χ3v) is 4.97. The summed E-state index contributed by atoms with van der Waals surface area (Å²) in [5.74, 6) is 1.66. The first-order chi connectivity index (χ1) is 11.7. The van der Waals surface area contributed by atoms with Crippen LogP contribution in [0.1, 0.15) is 12.8 Å². The second-order valence-corrected chi connectivity index (χ2v) is 6.60. The smallest absolute Gasteiger partial charge is 0.325 e. The van der Waals surface area contributed by atoms with E-state index in [0.29, 0.717) is 11.3 Å². The lowest BCUT2D eigenvalue weighted by Gasteiger charge is -2.41. The molecule has 0 radical (unpaired) electrons. The summed E-state index contributed by atoms with van der Waals surface area (Å²) >= 11 is 0. The molecule has 1 aliphatic heterocycles. The molecule has 0 spiro atoms. The minimum absolute atomic E-state index is 0.339. The van der Waals surface area contributed by atoms with Gasteiger partial charge in [0.25, 0.3) is 5.56 Å². The molecule has 5 rings (SSSR count). The van der Waals surface area contributed by atoms with Gasteiger partial charge in [0.1, 0.15) is 5.69 Å². The third kappa shape index (κ3) is 2.06. The van der Waals surface area contributed by atoms with E-state index in [4.69, 9.17) is 0 Å². The van der Waals surface area contributed by atoms with Crippen molar-refractivity contribution < 1.29 is 0 Å². The zero-order chi connectivity index (χ0) is 16.3. The predicted molar refractivity (Wildman–Crippen MR) is 88.1 cm³/mol. The fourth-order valence-corrected chi connectivity index (χ4v) is 3.44. The number of hydrogen-bond donors (Lipinski definition) is 2. The molecule has 0 bridgehead atoms. The van der Waals surface area contributed by atoms with E-state index in [-0.39, 0.29) is 0 Å². The molecule has 122 valence electrons. The molecule has 3 aromatic heterocycles. The maximum Gasteiger partial charge on any atom is 0.325 e. The van der Waals surface area contributed by atoms with Crippen LogP contribution in [0.15, 0.2) is 34.2 Å². The van der Waals surface area contributed by atoms with Crippen LogP contribution in [0.3, 0.4) is 0 Å². The summed E-state index contributed by atoms with van der Waals surface area (Å²) in [6.07, 6.45) is 7.57. The molecule has 0 amide bonds. The van der Waals surface area contributed by atoms with Gasteiger partial charge in [0.2, 0.25) is 0 Å². The molecule has 4 heterocycles. The summed E-state index contributed by atoms with van der Waals surface area (Å²) in [5, 5.41) is 4.45. The van der Waals surface area contributed by atoms with E-state index in [1.165, 1.54) is 19.0 Å². The Kier molecular flexibility index (Phi) is 2.70. The SMILES string of the molecule is O=c1[nH]cc(-c2cc(N3CC(C4CC4)C3)c3nccn3n2)c(=O)[nH]1. The summed E-state index contributed by atoms with van der Waals surface area (Å²) in [6, 6.07) is 1.88. The molecule has 24 heavy (non-hydrogen) atoms. The van der Waals surface area contributed by atoms with E-state index in [1.54, 1.807) is 16.9 Å². The Hall–Kier alpha value is -2.90. The largest absolute Gasteiger partial charge is 0.368 e. The summed E-state index contributed by atoms with van der Waals surface area (Å²) in [4.78, 5) is 34.7. The van der Waals surface area contributed by atoms with Crippen LogP contribution in [0.2, 0.25) is 0 Å². The average Bonchev–Trinajstić information content (AvgIpc) is 3.22. The van der Waals surface area contributed by atoms with Crippen molar-refractivity contribution in [1.29, 1.82) is 0 Å². The van der Waals surface area contributed by atoms with Crippen molar-refractivity contribution in [3.05, 3.63) is 45.5 Å². The third-order valence-electron chi connectivity index (χ3n) is 4.97. The number of anilines is 1. The topological polar surface area (TPSA) is 99.2 Å². The van der Waals surface area contributed by atoms with Crippen LogP contribution >= 0.6 is 0 Å². The Morgan fingerprint density at radius 2 is 2.00 bits per heavy atom. The second kappa shape index (κ2) is 4.80. The minimum Gasteiger partial charge on any atom is -0.368 e. The highest BCUT2D eigenvalue weighted by Gasteiger charge is 2.40. The van der Waals surface area contributed by atoms with E-state index in [1.807, 2.05) is 6.07 Å². The maximum atomic E-state index is 12.1. The molecule has 2 fully saturated rings. The van der Waals surface area contributed by atoms with E-state index >= 15 is 0 Å². The molecule has 1 aliphatic carbocycles. The van der Waals surface area contributed by atoms with Gasteiger partial charge in [0.05, 0.1) is 11.3 Å². The van der Waals surface area contributed by atoms with Crippen molar-refractivity contribution in [1.82, 2.24) is 24.6 Å². The molecule has 8 heteroatoms. The van der Waals surface area contributed by atoms with Gasteiger partial charge in [-0.05, 0) is 30.7 Å². The van der Waals surface area contributed by atoms with E-state index in [9.17, 15) is 9.59 Å². The molecule has 0 unspecified atom stereocenters. The summed E-state index contributed by atoms with van der Waals surface area (Å²) in [5.41, 5.74) is 1.65. The van der Waals surface area contributed by atoms with E-state index < -0.39 is 11.2 Å². The van der Waals surface area contributed by atoms with Gasteiger partial charge in [-0.25, -0.2) is 14.3 Å². The van der Waals surface area contributed by atoms with Gasteiger partial charge in [0.15, 0.2) is 5.65 Å². The summed E-state index contributed by atoms with van der Waals surface area (Å²) in [6.45, 7) is 2.05. The van der Waals surface area contributed by atoms with Crippen LogP contribution < -0.4 is 16.1 Å². The van der Waals surface area contributed by atoms with Crippen LogP contribution in [-0.4, -0.2) is 37.7 Å². The standard InChI is InChI=1S/C16H16N6O2/c23-15-11(6-18-16(24)19-15)12-5-13(14-17-3-4-22(14)20-12)21-7-10(8-21)9-1-2-9/h3-6,9-10H,1-2,7-8H2,(H2,18,19,23,24). The van der Waals surface area contributed by atoms with Crippen LogP contribution in [0.25, 0.3) is 16.9 Å². The van der Waals surface area contributed by atoms with Crippen LogP contribution in [0.5, 0.6) is 0 Å². The van der Waals surface area contributed by atoms with Crippen LogP contribution in [0, 0.1) is 11.8 Å². The Labute approximate surface area is 136 Å². The number of H-pyrrole nitrogens is 2. The maximum absolute atomic E-state index is 12.1. The fraction of sp³-hybridized carbons (Fsp3) is 0.375. The number of rotatable bonds is 3. The van der Waals surface area contributed by atoms with Crippen molar-refractivity contribution in [3.63, 3.8) is 0 Å². The molecule has 8 nitrogen and oxygen atoms in total. The number of nitrogens with zero attached hydrogens (tertiary/aromatic N) is 4. The first kappa shape index (κ1) is 13.5. The Morgan fingerprint density at radius 1 is 1.17 bits per heavy atom. The first-order valence-electron chi connectivity index (χ1n) is 8.11. The molecule has 2 aliphatic rings. The lowest BCUT2D eigenvalue weighted by atomic mass is 9.94. The van der Waals surface area contributed by atoms with Gasteiger partial charge >= 0.3 is 5.69 Å². The number of aromatic nitrogens is 5. The van der Waals surface area contributed by atoms with Gasteiger partial charge in [-0.2, -0.15) is 5.10 Å². The van der Waals surface area contributed by atoms with Crippen molar-refractivity contribution >= 4 is 11.3 Å². The molecule has 0 atom stereocenters. The first-order valence-corrected chi connectivity index (χ1v) is 8.11. The molecule has 0 aromatic carbocycles. The average molecular weight is 324 g/mol. The lowest BCUT2D eigenvalue weighted by Crippen LogP contribution is -2.48. The highest BCUT2D eigenvalue weighted by Crippen LogP contribution is 2.43. The number of fused-ring (bicyclic) bond motifs is 1. The number of imidazole rings is 1. The molecule has 1 saturated carbocycles. The lowest BCUT2D eigenvalue weighted by molar-refractivity contribution is 0.364. The van der Waals surface area contributed by atoms with Gasteiger partial charge < -0.3 is 9.88 Å². The van der Waals surface area contributed by atoms with Gasteiger partial charge in [0, 0.05) is 31.7 Å².